The van der Waals surface area contributed by atoms with E-state index in [0.29, 0.717) is 17.5 Å². The molecule has 1 amide bonds. The summed E-state index contributed by atoms with van der Waals surface area (Å²) in [5.41, 5.74) is 5.90. The van der Waals surface area contributed by atoms with Crippen molar-refractivity contribution < 1.29 is 4.79 Å². The van der Waals surface area contributed by atoms with Gasteiger partial charge in [-0.25, -0.2) is 4.98 Å². The third-order valence-corrected chi connectivity index (χ3v) is 5.57. The molecule has 1 saturated carbocycles. The van der Waals surface area contributed by atoms with Crippen LogP contribution in [0.4, 0.5) is 5.13 Å². The molecule has 1 aromatic heterocycles. The van der Waals surface area contributed by atoms with E-state index in [0.717, 1.165) is 11.3 Å². The smallest absolute Gasteiger partial charge is 0.226 e. The number of thiazole rings is 1. The first-order valence-electron chi connectivity index (χ1n) is 8.36. The van der Waals surface area contributed by atoms with Crippen LogP contribution in [-0.2, 0) is 4.79 Å². The van der Waals surface area contributed by atoms with Crippen molar-refractivity contribution in [2.75, 3.05) is 5.32 Å². The molecule has 0 spiro atoms. The Morgan fingerprint density at radius 3 is 2.61 bits per heavy atom. The lowest BCUT2D eigenvalue weighted by atomic mass is 9.99. The topological polar surface area (TPSA) is 42.0 Å². The summed E-state index contributed by atoms with van der Waals surface area (Å²) in [4.78, 5) is 16.7. The average molecular weight is 328 g/mol. The van der Waals surface area contributed by atoms with Gasteiger partial charge in [0.2, 0.25) is 5.91 Å². The summed E-state index contributed by atoms with van der Waals surface area (Å²) < 4.78 is 0. The van der Waals surface area contributed by atoms with Crippen LogP contribution in [0.25, 0.3) is 11.3 Å². The summed E-state index contributed by atoms with van der Waals surface area (Å²) in [6.45, 7) is 6.36. The van der Waals surface area contributed by atoms with Gasteiger partial charge in [-0.15, -0.1) is 11.3 Å². The Balaban J connectivity index is 1.70. The number of carbonyl (C=O) groups is 1. The summed E-state index contributed by atoms with van der Waals surface area (Å²) in [5.74, 6) is 0.672. The minimum absolute atomic E-state index is 0.106. The maximum atomic E-state index is 12.1. The summed E-state index contributed by atoms with van der Waals surface area (Å²) in [6, 6.07) is 4.38. The second-order valence-electron chi connectivity index (χ2n) is 6.69. The van der Waals surface area contributed by atoms with Crippen LogP contribution in [0.5, 0.6) is 0 Å². The van der Waals surface area contributed by atoms with Gasteiger partial charge in [-0.2, -0.15) is 0 Å². The molecule has 1 aliphatic carbocycles. The predicted molar refractivity (Wildman–Crippen MR) is 97.0 cm³/mol. The first-order chi connectivity index (χ1) is 11.0. The Morgan fingerprint density at radius 2 is 1.87 bits per heavy atom. The number of rotatable bonds is 4. The molecule has 122 valence electrons. The molecular weight excluding hydrogens is 304 g/mol. The molecule has 2 aromatic rings. The normalized spacial score (nSPS) is 15.1. The molecule has 1 aliphatic rings. The zero-order chi connectivity index (χ0) is 16.4. The van der Waals surface area contributed by atoms with Gasteiger partial charge in [0.25, 0.3) is 0 Å². The molecular formula is C19H24N2OS. The van der Waals surface area contributed by atoms with Gasteiger partial charge in [-0.1, -0.05) is 18.9 Å². The fourth-order valence-electron chi connectivity index (χ4n) is 3.34. The SMILES string of the molecule is Cc1cc(C)c(-c2csc(NC(=O)CC3CCCC3)n2)cc1C. The van der Waals surface area contributed by atoms with Crippen molar-refractivity contribution in [3.05, 3.63) is 34.2 Å². The maximum absolute atomic E-state index is 12.1. The zero-order valence-electron chi connectivity index (χ0n) is 14.1. The number of aryl methyl sites for hydroxylation is 3. The van der Waals surface area contributed by atoms with Crippen LogP contribution in [0.3, 0.4) is 0 Å². The second kappa shape index (κ2) is 6.83. The van der Waals surface area contributed by atoms with Crippen LogP contribution in [0.1, 0.15) is 48.8 Å². The fourth-order valence-corrected chi connectivity index (χ4v) is 4.07. The first-order valence-corrected chi connectivity index (χ1v) is 9.24. The molecule has 0 radical (unpaired) electrons. The van der Waals surface area contributed by atoms with Gasteiger partial charge in [0.1, 0.15) is 0 Å². The molecule has 0 aliphatic heterocycles. The molecule has 1 N–H and O–H groups in total. The van der Waals surface area contributed by atoms with Gasteiger partial charge in [-0.05, 0) is 62.3 Å². The molecule has 0 atom stereocenters. The van der Waals surface area contributed by atoms with Crippen molar-refractivity contribution in [3.63, 3.8) is 0 Å². The highest BCUT2D eigenvalue weighted by Crippen LogP contribution is 2.31. The van der Waals surface area contributed by atoms with E-state index in [1.165, 1.54) is 53.7 Å². The summed E-state index contributed by atoms with van der Waals surface area (Å²) in [5, 5.41) is 5.71. The molecule has 1 fully saturated rings. The Morgan fingerprint density at radius 1 is 1.17 bits per heavy atom. The van der Waals surface area contributed by atoms with Gasteiger partial charge in [0, 0.05) is 17.4 Å². The molecule has 0 unspecified atom stereocenters. The molecule has 3 nitrogen and oxygen atoms in total. The highest BCUT2D eigenvalue weighted by molar-refractivity contribution is 7.14. The molecule has 1 aromatic carbocycles. The second-order valence-corrected chi connectivity index (χ2v) is 7.55. The number of benzene rings is 1. The first kappa shape index (κ1) is 16.2. The summed E-state index contributed by atoms with van der Waals surface area (Å²) in [7, 11) is 0. The number of hydrogen-bond donors (Lipinski definition) is 1. The van der Waals surface area contributed by atoms with E-state index >= 15 is 0 Å². The average Bonchev–Trinajstić information content (AvgIpc) is 3.15. The van der Waals surface area contributed by atoms with Crippen LogP contribution in [0.2, 0.25) is 0 Å². The molecule has 0 bridgehead atoms. The van der Waals surface area contributed by atoms with Crippen LogP contribution in [0, 0.1) is 26.7 Å². The van der Waals surface area contributed by atoms with Crippen LogP contribution >= 0.6 is 11.3 Å². The van der Waals surface area contributed by atoms with Gasteiger partial charge in [0.05, 0.1) is 5.69 Å². The van der Waals surface area contributed by atoms with Crippen LogP contribution in [0.15, 0.2) is 17.5 Å². The van der Waals surface area contributed by atoms with E-state index in [9.17, 15) is 4.79 Å². The number of amides is 1. The molecule has 4 heteroatoms. The van der Waals surface area contributed by atoms with Gasteiger partial charge in [-0.3, -0.25) is 4.79 Å². The quantitative estimate of drug-likeness (QED) is 0.832. The lowest BCUT2D eigenvalue weighted by Crippen LogP contribution is -2.14. The molecule has 3 rings (SSSR count). The van der Waals surface area contributed by atoms with Crippen molar-refractivity contribution in [3.8, 4) is 11.3 Å². The van der Waals surface area contributed by atoms with Crippen LogP contribution in [-0.4, -0.2) is 10.9 Å². The Labute approximate surface area is 142 Å². The van der Waals surface area contributed by atoms with Gasteiger partial charge >= 0.3 is 0 Å². The highest BCUT2D eigenvalue weighted by Gasteiger charge is 2.19. The fraction of sp³-hybridized carbons (Fsp3) is 0.474. The van der Waals surface area contributed by atoms with Crippen LogP contribution < -0.4 is 5.32 Å². The number of aromatic nitrogens is 1. The minimum atomic E-state index is 0.106. The Kier molecular flexibility index (Phi) is 4.81. The predicted octanol–water partition coefficient (Wildman–Crippen LogP) is 5.25. The van der Waals surface area contributed by atoms with E-state index in [4.69, 9.17) is 0 Å². The van der Waals surface area contributed by atoms with E-state index in [1.807, 2.05) is 5.38 Å². The standard InChI is InChI=1S/C19H24N2OS/c1-12-8-14(3)16(9-13(12)2)17-11-23-19(20-17)21-18(22)10-15-6-4-5-7-15/h8-9,11,15H,4-7,10H2,1-3H3,(H,20,21,22). The number of nitrogens with one attached hydrogen (secondary N) is 1. The lowest BCUT2D eigenvalue weighted by molar-refractivity contribution is -0.117. The Hall–Kier alpha value is -1.68. The van der Waals surface area contributed by atoms with Crippen molar-refractivity contribution in [2.24, 2.45) is 5.92 Å². The number of carbonyl (C=O) groups excluding carboxylic acids is 1. The zero-order valence-corrected chi connectivity index (χ0v) is 14.9. The van der Waals surface area contributed by atoms with Gasteiger partial charge in [0.15, 0.2) is 5.13 Å². The summed E-state index contributed by atoms with van der Waals surface area (Å²) >= 11 is 1.51. The largest absolute Gasteiger partial charge is 0.302 e. The lowest BCUT2D eigenvalue weighted by Gasteiger charge is -2.08. The van der Waals surface area contributed by atoms with Crippen molar-refractivity contribution in [1.29, 1.82) is 0 Å². The number of hydrogen-bond acceptors (Lipinski definition) is 3. The number of nitrogens with zero attached hydrogens (tertiary/aromatic N) is 1. The third-order valence-electron chi connectivity index (χ3n) is 4.82. The van der Waals surface area contributed by atoms with E-state index in [-0.39, 0.29) is 5.91 Å². The maximum Gasteiger partial charge on any atom is 0.226 e. The molecule has 0 saturated heterocycles. The van der Waals surface area contributed by atoms with Crippen molar-refractivity contribution in [1.82, 2.24) is 4.98 Å². The van der Waals surface area contributed by atoms with E-state index < -0.39 is 0 Å². The van der Waals surface area contributed by atoms with E-state index in [2.05, 4.69) is 43.2 Å². The molecule has 1 heterocycles. The molecule has 23 heavy (non-hydrogen) atoms. The third kappa shape index (κ3) is 3.81. The van der Waals surface area contributed by atoms with Crippen molar-refractivity contribution >= 4 is 22.4 Å². The van der Waals surface area contributed by atoms with E-state index in [1.54, 1.807) is 0 Å². The monoisotopic (exact) mass is 328 g/mol. The summed E-state index contributed by atoms with van der Waals surface area (Å²) in [6.07, 6.45) is 5.56. The number of anilines is 1. The van der Waals surface area contributed by atoms with Crippen molar-refractivity contribution in [2.45, 2.75) is 52.9 Å². The highest BCUT2D eigenvalue weighted by atomic mass is 32.1. The van der Waals surface area contributed by atoms with Gasteiger partial charge < -0.3 is 5.32 Å². The minimum Gasteiger partial charge on any atom is -0.302 e. The Bertz CT molecular complexity index is 714.